The predicted molar refractivity (Wildman–Crippen MR) is 119 cm³/mol. The van der Waals surface area contributed by atoms with Crippen LogP contribution in [0.5, 0.6) is 0 Å². The van der Waals surface area contributed by atoms with Crippen molar-refractivity contribution >= 4 is 57.4 Å². The minimum absolute atomic E-state index is 0.0719. The van der Waals surface area contributed by atoms with E-state index in [1.165, 1.54) is 0 Å². The molecule has 0 radical (unpaired) electrons. The fourth-order valence-corrected chi connectivity index (χ4v) is 3.84. The third-order valence-corrected chi connectivity index (χ3v) is 5.41. The molecule has 0 unspecified atom stereocenters. The van der Waals surface area contributed by atoms with Crippen molar-refractivity contribution in [3.8, 4) is 5.69 Å². The zero-order valence-corrected chi connectivity index (χ0v) is 17.4. The molecule has 150 valence electrons. The first-order chi connectivity index (χ1) is 14.4. The molecule has 0 aliphatic rings. The van der Waals surface area contributed by atoms with Crippen molar-refractivity contribution in [2.45, 2.75) is 0 Å². The van der Waals surface area contributed by atoms with E-state index < -0.39 is 5.97 Å². The van der Waals surface area contributed by atoms with Crippen LogP contribution in [0.15, 0.2) is 71.9 Å². The van der Waals surface area contributed by atoms with E-state index in [9.17, 15) is 15.1 Å². The standard InChI is InChI=1S/C22H13Cl3N2O3/c23-13-3-1-12(2-4-13)20(26-30)19-17-10-7-15(25)11-18(17)27(21(19)22(28)29)16-8-5-14(24)6-9-16/h1-11,30H,(H,28,29)/b26-20-. The quantitative estimate of drug-likeness (QED) is 0.207. The highest BCUT2D eigenvalue weighted by Crippen LogP contribution is 2.34. The summed E-state index contributed by atoms with van der Waals surface area (Å²) in [5, 5.41) is 25.4. The third-order valence-electron chi connectivity index (χ3n) is 4.67. The second kappa shape index (κ2) is 8.03. The van der Waals surface area contributed by atoms with E-state index in [0.717, 1.165) is 0 Å². The van der Waals surface area contributed by atoms with Crippen LogP contribution in [-0.4, -0.2) is 26.6 Å². The molecule has 8 heteroatoms. The molecule has 0 aliphatic heterocycles. The van der Waals surface area contributed by atoms with Gasteiger partial charge in [-0.25, -0.2) is 4.79 Å². The van der Waals surface area contributed by atoms with Crippen LogP contribution < -0.4 is 0 Å². The highest BCUT2D eigenvalue weighted by Gasteiger charge is 2.28. The molecule has 2 N–H and O–H groups in total. The fraction of sp³-hybridized carbons (Fsp3) is 0. The number of aromatic nitrogens is 1. The number of nitrogens with zero attached hydrogens (tertiary/aromatic N) is 2. The number of hydrogen-bond donors (Lipinski definition) is 2. The molecule has 30 heavy (non-hydrogen) atoms. The summed E-state index contributed by atoms with van der Waals surface area (Å²) in [5.74, 6) is -1.19. The highest BCUT2D eigenvalue weighted by molar-refractivity contribution is 6.32. The summed E-state index contributed by atoms with van der Waals surface area (Å²) in [6.45, 7) is 0. The SMILES string of the molecule is O=C(O)c1c(/C(=N\O)c2ccc(Cl)cc2)c2ccc(Cl)cc2n1-c1ccc(Cl)cc1. The van der Waals surface area contributed by atoms with Crippen LogP contribution in [0.3, 0.4) is 0 Å². The van der Waals surface area contributed by atoms with E-state index in [0.29, 0.717) is 37.2 Å². The third kappa shape index (κ3) is 3.52. The van der Waals surface area contributed by atoms with Gasteiger partial charge in [0.15, 0.2) is 0 Å². The fourth-order valence-electron chi connectivity index (χ4n) is 3.42. The number of carbonyl (C=O) groups is 1. The van der Waals surface area contributed by atoms with Gasteiger partial charge >= 0.3 is 5.97 Å². The average Bonchev–Trinajstić information content (AvgIpc) is 3.05. The molecule has 0 amide bonds. The molecule has 0 aliphatic carbocycles. The number of fused-ring (bicyclic) bond motifs is 1. The van der Waals surface area contributed by atoms with Crippen LogP contribution in [-0.2, 0) is 0 Å². The van der Waals surface area contributed by atoms with Crippen LogP contribution in [0.2, 0.25) is 15.1 Å². The molecule has 0 bridgehead atoms. The number of rotatable bonds is 4. The van der Waals surface area contributed by atoms with Crippen molar-refractivity contribution < 1.29 is 15.1 Å². The summed E-state index contributed by atoms with van der Waals surface area (Å²) in [6, 6.07) is 18.4. The summed E-state index contributed by atoms with van der Waals surface area (Å²) >= 11 is 18.2. The second-order valence-electron chi connectivity index (χ2n) is 6.46. The Morgan fingerprint density at radius 1 is 0.833 bits per heavy atom. The van der Waals surface area contributed by atoms with Crippen molar-refractivity contribution in [1.29, 1.82) is 0 Å². The average molecular weight is 460 g/mol. The Labute approximate surface area is 186 Å². The number of halogens is 3. The zero-order chi connectivity index (χ0) is 21.4. The largest absolute Gasteiger partial charge is 0.477 e. The monoisotopic (exact) mass is 458 g/mol. The number of hydrogen-bond acceptors (Lipinski definition) is 3. The summed E-state index contributed by atoms with van der Waals surface area (Å²) in [5.41, 5.74) is 1.92. The number of oxime groups is 1. The minimum atomic E-state index is -1.19. The van der Waals surface area contributed by atoms with Gasteiger partial charge in [0.1, 0.15) is 11.4 Å². The smallest absolute Gasteiger partial charge is 0.353 e. The molecule has 4 rings (SSSR count). The van der Waals surface area contributed by atoms with Gasteiger partial charge < -0.3 is 14.9 Å². The molecule has 4 aromatic rings. The number of aromatic carboxylic acids is 1. The lowest BCUT2D eigenvalue weighted by Crippen LogP contribution is -2.13. The topological polar surface area (TPSA) is 74.8 Å². The number of carboxylic acids is 1. The second-order valence-corrected chi connectivity index (χ2v) is 7.77. The van der Waals surface area contributed by atoms with Gasteiger partial charge in [0.05, 0.1) is 5.52 Å². The van der Waals surface area contributed by atoms with Gasteiger partial charge in [-0.05, 0) is 48.5 Å². The van der Waals surface area contributed by atoms with Crippen molar-refractivity contribution in [2.24, 2.45) is 5.16 Å². The summed E-state index contributed by atoms with van der Waals surface area (Å²) in [6.07, 6.45) is 0. The molecule has 0 atom stereocenters. The van der Waals surface area contributed by atoms with E-state index in [1.807, 2.05) is 0 Å². The van der Waals surface area contributed by atoms with Gasteiger partial charge in [0.2, 0.25) is 0 Å². The lowest BCUT2D eigenvalue weighted by atomic mass is 9.99. The van der Waals surface area contributed by atoms with Crippen molar-refractivity contribution in [1.82, 2.24) is 4.57 Å². The maximum absolute atomic E-state index is 12.4. The van der Waals surface area contributed by atoms with Gasteiger partial charge in [-0.3, -0.25) is 0 Å². The van der Waals surface area contributed by atoms with E-state index in [2.05, 4.69) is 5.16 Å². The van der Waals surface area contributed by atoms with Gasteiger partial charge in [-0.2, -0.15) is 0 Å². The lowest BCUT2D eigenvalue weighted by Gasteiger charge is -2.10. The molecule has 3 aromatic carbocycles. The predicted octanol–water partition coefficient (Wildman–Crippen LogP) is 6.52. The Bertz CT molecular complexity index is 1290. The summed E-state index contributed by atoms with van der Waals surface area (Å²) in [4.78, 5) is 12.4. The molecular weight excluding hydrogens is 447 g/mol. The molecule has 0 saturated carbocycles. The minimum Gasteiger partial charge on any atom is -0.477 e. The van der Waals surface area contributed by atoms with Crippen LogP contribution in [0.1, 0.15) is 21.6 Å². The Morgan fingerprint density at radius 2 is 1.40 bits per heavy atom. The first-order valence-electron chi connectivity index (χ1n) is 8.72. The van der Waals surface area contributed by atoms with Crippen LogP contribution >= 0.6 is 34.8 Å². The Morgan fingerprint density at radius 3 is 1.97 bits per heavy atom. The molecule has 1 aromatic heterocycles. The van der Waals surface area contributed by atoms with Gasteiger partial charge in [-0.1, -0.05) is 58.2 Å². The van der Waals surface area contributed by atoms with E-state index in [-0.39, 0.29) is 17.0 Å². The van der Waals surface area contributed by atoms with Crippen LogP contribution in [0, 0.1) is 0 Å². The zero-order valence-electron chi connectivity index (χ0n) is 15.2. The summed E-state index contributed by atoms with van der Waals surface area (Å²) in [7, 11) is 0. The van der Waals surface area contributed by atoms with Gasteiger partial charge in [0, 0.05) is 37.3 Å². The Hall–Kier alpha value is -2.99. The first-order valence-corrected chi connectivity index (χ1v) is 9.85. The summed E-state index contributed by atoms with van der Waals surface area (Å²) < 4.78 is 1.55. The molecule has 1 heterocycles. The molecule has 0 fully saturated rings. The Balaban J connectivity index is 2.12. The highest BCUT2D eigenvalue weighted by atomic mass is 35.5. The van der Waals surface area contributed by atoms with Crippen molar-refractivity contribution in [2.75, 3.05) is 0 Å². The molecule has 5 nitrogen and oxygen atoms in total. The molecule has 0 saturated heterocycles. The van der Waals surface area contributed by atoms with Gasteiger partial charge in [0.25, 0.3) is 0 Å². The maximum Gasteiger partial charge on any atom is 0.353 e. The normalized spacial score (nSPS) is 11.8. The van der Waals surface area contributed by atoms with E-state index >= 15 is 0 Å². The van der Waals surface area contributed by atoms with Crippen LogP contribution in [0.4, 0.5) is 0 Å². The lowest BCUT2D eigenvalue weighted by molar-refractivity contribution is 0.0688. The van der Waals surface area contributed by atoms with E-state index in [1.54, 1.807) is 71.3 Å². The maximum atomic E-state index is 12.4. The number of benzene rings is 3. The van der Waals surface area contributed by atoms with E-state index in [4.69, 9.17) is 34.8 Å². The molecule has 0 spiro atoms. The number of carboxylic acid groups (broad SMARTS) is 1. The first kappa shape index (κ1) is 20.3. The van der Waals surface area contributed by atoms with Crippen molar-refractivity contribution in [3.05, 3.63) is 98.6 Å². The Kier molecular flexibility index (Phi) is 5.43. The van der Waals surface area contributed by atoms with Crippen LogP contribution in [0.25, 0.3) is 16.6 Å². The van der Waals surface area contributed by atoms with Gasteiger partial charge in [-0.15, -0.1) is 0 Å². The van der Waals surface area contributed by atoms with Crippen molar-refractivity contribution in [3.63, 3.8) is 0 Å². The molecular formula is C22H13Cl3N2O3.